The molecule has 0 aliphatic carbocycles. The van der Waals surface area contributed by atoms with E-state index in [0.29, 0.717) is 0 Å². The summed E-state index contributed by atoms with van der Waals surface area (Å²) in [6.45, 7) is 3.91. The number of imidazole rings is 1. The Kier molecular flexibility index (Phi) is 5.31. The van der Waals surface area contributed by atoms with Crippen molar-refractivity contribution in [2.24, 2.45) is 0 Å². The third-order valence-corrected chi connectivity index (χ3v) is 3.41. The molecule has 6 heteroatoms. The van der Waals surface area contributed by atoms with Gasteiger partial charge in [0.2, 0.25) is 5.91 Å². The van der Waals surface area contributed by atoms with Crippen LogP contribution in [-0.4, -0.2) is 22.0 Å². The monoisotopic (exact) mass is 336 g/mol. The van der Waals surface area contributed by atoms with Gasteiger partial charge in [-0.05, 0) is 34.6 Å². The summed E-state index contributed by atoms with van der Waals surface area (Å²) in [5.41, 5.74) is 1.70. The summed E-state index contributed by atoms with van der Waals surface area (Å²) < 4.78 is 2.64. The Hall–Kier alpha value is -1.66. The number of benzene rings is 1. The van der Waals surface area contributed by atoms with E-state index in [0.717, 1.165) is 28.9 Å². The number of hydrogen-bond acceptors (Lipinski definition) is 3. The number of carbonyl (C=O) groups excluding carboxylic acids is 1. The van der Waals surface area contributed by atoms with Gasteiger partial charge in [-0.1, -0.05) is 19.1 Å². The van der Waals surface area contributed by atoms with Crippen molar-refractivity contribution in [1.29, 1.82) is 0 Å². The van der Waals surface area contributed by atoms with Crippen LogP contribution >= 0.6 is 15.9 Å². The van der Waals surface area contributed by atoms with E-state index in [1.54, 1.807) is 10.9 Å². The number of nitrogens with zero attached hydrogens (tertiary/aromatic N) is 2. The van der Waals surface area contributed by atoms with Gasteiger partial charge in [0.05, 0.1) is 17.7 Å². The van der Waals surface area contributed by atoms with Crippen LogP contribution in [0, 0.1) is 0 Å². The Morgan fingerprint density at radius 2 is 2.20 bits per heavy atom. The van der Waals surface area contributed by atoms with E-state index < -0.39 is 0 Å². The van der Waals surface area contributed by atoms with Crippen molar-refractivity contribution in [3.05, 3.63) is 47.0 Å². The highest BCUT2D eigenvalue weighted by atomic mass is 79.9. The molecule has 0 spiro atoms. The third-order valence-electron chi connectivity index (χ3n) is 2.72. The molecule has 0 aliphatic heterocycles. The van der Waals surface area contributed by atoms with Gasteiger partial charge in [0.25, 0.3) is 0 Å². The fourth-order valence-corrected chi connectivity index (χ4v) is 2.14. The molecule has 20 heavy (non-hydrogen) atoms. The quantitative estimate of drug-likeness (QED) is 0.851. The maximum absolute atomic E-state index is 12.0. The first-order chi connectivity index (χ1) is 9.69. The number of amides is 1. The molecule has 2 aromatic rings. The molecule has 1 amide bonds. The second-order valence-corrected chi connectivity index (χ2v) is 5.20. The molecule has 2 rings (SSSR count). The molecule has 1 aromatic heterocycles. The minimum absolute atomic E-state index is 0.0794. The lowest BCUT2D eigenvalue weighted by Gasteiger charge is -2.07. The van der Waals surface area contributed by atoms with E-state index in [4.69, 9.17) is 0 Å². The van der Waals surface area contributed by atoms with Gasteiger partial charge in [0.1, 0.15) is 6.54 Å². The number of para-hydroxylation sites is 1. The average molecular weight is 337 g/mol. The van der Waals surface area contributed by atoms with Crippen LogP contribution in [0.4, 0.5) is 5.69 Å². The summed E-state index contributed by atoms with van der Waals surface area (Å²) in [7, 11) is 0. The Bertz CT molecular complexity index is 582. The first-order valence-electron chi connectivity index (χ1n) is 6.44. The van der Waals surface area contributed by atoms with Crippen molar-refractivity contribution in [3.63, 3.8) is 0 Å². The van der Waals surface area contributed by atoms with Crippen molar-refractivity contribution in [3.8, 4) is 0 Å². The Labute approximate surface area is 126 Å². The lowest BCUT2D eigenvalue weighted by atomic mass is 10.3. The van der Waals surface area contributed by atoms with Gasteiger partial charge in [-0.25, -0.2) is 4.98 Å². The Morgan fingerprint density at radius 1 is 1.40 bits per heavy atom. The normalized spacial score (nSPS) is 10.5. The van der Waals surface area contributed by atoms with Crippen molar-refractivity contribution >= 4 is 27.5 Å². The van der Waals surface area contributed by atoms with Gasteiger partial charge in [-0.15, -0.1) is 0 Å². The van der Waals surface area contributed by atoms with E-state index in [-0.39, 0.29) is 12.5 Å². The highest BCUT2D eigenvalue weighted by Crippen LogP contribution is 2.21. The molecule has 0 aliphatic rings. The molecule has 0 fully saturated rings. The number of aromatic nitrogens is 2. The lowest BCUT2D eigenvalue weighted by molar-refractivity contribution is -0.116. The SMILES string of the molecule is CCNCc1cn(CC(=O)Nc2ccccc2Br)cn1. The van der Waals surface area contributed by atoms with Crippen LogP contribution in [0.5, 0.6) is 0 Å². The minimum Gasteiger partial charge on any atom is -0.328 e. The second kappa shape index (κ2) is 7.21. The van der Waals surface area contributed by atoms with Crippen LogP contribution in [0.2, 0.25) is 0 Å². The third kappa shape index (κ3) is 4.18. The van der Waals surface area contributed by atoms with Crippen molar-refractivity contribution < 1.29 is 4.79 Å². The van der Waals surface area contributed by atoms with Crippen LogP contribution < -0.4 is 10.6 Å². The van der Waals surface area contributed by atoms with Crippen molar-refractivity contribution in [2.45, 2.75) is 20.0 Å². The molecule has 0 saturated carbocycles. The molecule has 1 aromatic carbocycles. The number of rotatable bonds is 6. The molecule has 106 valence electrons. The minimum atomic E-state index is -0.0794. The summed E-state index contributed by atoms with van der Waals surface area (Å²) >= 11 is 3.40. The fourth-order valence-electron chi connectivity index (χ4n) is 1.76. The molecule has 0 bridgehead atoms. The molecule has 2 N–H and O–H groups in total. The average Bonchev–Trinajstić information content (AvgIpc) is 2.86. The van der Waals surface area contributed by atoms with Gasteiger partial charge in [0, 0.05) is 17.2 Å². The fraction of sp³-hybridized carbons (Fsp3) is 0.286. The van der Waals surface area contributed by atoms with Gasteiger partial charge < -0.3 is 15.2 Å². The standard InChI is InChI=1S/C14H17BrN4O/c1-2-16-7-11-8-19(10-17-11)9-14(20)18-13-6-4-3-5-12(13)15/h3-6,8,10,16H,2,7,9H2,1H3,(H,18,20). The first-order valence-corrected chi connectivity index (χ1v) is 7.24. The zero-order chi connectivity index (χ0) is 14.4. The van der Waals surface area contributed by atoms with Gasteiger partial charge in [-0.3, -0.25) is 4.79 Å². The van der Waals surface area contributed by atoms with E-state index in [9.17, 15) is 4.79 Å². The number of anilines is 1. The maximum Gasteiger partial charge on any atom is 0.244 e. The number of nitrogens with one attached hydrogen (secondary N) is 2. The Balaban J connectivity index is 1.91. The summed E-state index contributed by atoms with van der Waals surface area (Å²) in [6.07, 6.45) is 3.55. The summed E-state index contributed by atoms with van der Waals surface area (Å²) in [6, 6.07) is 7.53. The van der Waals surface area contributed by atoms with E-state index in [2.05, 4.69) is 31.5 Å². The van der Waals surface area contributed by atoms with Crippen LogP contribution in [0.1, 0.15) is 12.6 Å². The Morgan fingerprint density at radius 3 is 2.95 bits per heavy atom. The van der Waals surface area contributed by atoms with E-state index in [1.165, 1.54) is 0 Å². The van der Waals surface area contributed by atoms with Gasteiger partial charge >= 0.3 is 0 Å². The summed E-state index contributed by atoms with van der Waals surface area (Å²) in [4.78, 5) is 16.2. The highest BCUT2D eigenvalue weighted by molar-refractivity contribution is 9.10. The van der Waals surface area contributed by atoms with E-state index >= 15 is 0 Å². The van der Waals surface area contributed by atoms with Crippen molar-refractivity contribution in [2.75, 3.05) is 11.9 Å². The molecular weight excluding hydrogens is 320 g/mol. The van der Waals surface area contributed by atoms with Crippen LogP contribution in [-0.2, 0) is 17.9 Å². The van der Waals surface area contributed by atoms with Crippen molar-refractivity contribution in [1.82, 2.24) is 14.9 Å². The van der Waals surface area contributed by atoms with Crippen LogP contribution in [0.15, 0.2) is 41.3 Å². The summed E-state index contributed by atoms with van der Waals surface area (Å²) in [5, 5.41) is 6.06. The molecule has 0 radical (unpaired) electrons. The second-order valence-electron chi connectivity index (χ2n) is 4.35. The molecular formula is C14H17BrN4O. The zero-order valence-corrected chi connectivity index (χ0v) is 12.9. The number of carbonyl (C=O) groups is 1. The lowest BCUT2D eigenvalue weighted by Crippen LogP contribution is -2.18. The zero-order valence-electron chi connectivity index (χ0n) is 11.3. The molecule has 0 atom stereocenters. The first kappa shape index (κ1) is 14.7. The van der Waals surface area contributed by atoms with Crippen LogP contribution in [0.3, 0.4) is 0 Å². The molecule has 0 unspecified atom stereocenters. The summed E-state index contributed by atoms with van der Waals surface area (Å²) in [5.74, 6) is -0.0794. The predicted octanol–water partition coefficient (Wildman–Crippen LogP) is 2.39. The maximum atomic E-state index is 12.0. The largest absolute Gasteiger partial charge is 0.328 e. The van der Waals surface area contributed by atoms with Gasteiger partial charge in [0.15, 0.2) is 0 Å². The molecule has 0 saturated heterocycles. The molecule has 5 nitrogen and oxygen atoms in total. The van der Waals surface area contributed by atoms with Crippen LogP contribution in [0.25, 0.3) is 0 Å². The topological polar surface area (TPSA) is 59.0 Å². The highest BCUT2D eigenvalue weighted by Gasteiger charge is 2.06. The predicted molar refractivity (Wildman–Crippen MR) is 82.4 cm³/mol. The smallest absolute Gasteiger partial charge is 0.244 e. The van der Waals surface area contributed by atoms with Gasteiger partial charge in [-0.2, -0.15) is 0 Å². The number of hydrogen-bond donors (Lipinski definition) is 2. The van der Waals surface area contributed by atoms with E-state index in [1.807, 2.05) is 37.4 Å². The molecule has 1 heterocycles. The number of halogens is 1.